The van der Waals surface area contributed by atoms with Crippen molar-refractivity contribution in [2.24, 2.45) is 0 Å². The van der Waals surface area contributed by atoms with E-state index in [1.165, 1.54) is 12.1 Å². The van der Waals surface area contributed by atoms with Gasteiger partial charge in [0, 0.05) is 43.0 Å². The highest BCUT2D eigenvalue weighted by atomic mass is 19.3. The number of fused-ring (bicyclic) bond motifs is 1. The normalized spacial score (nSPS) is 16.8. The van der Waals surface area contributed by atoms with Crippen LogP contribution in [0, 0.1) is 5.82 Å². The SMILES string of the molecule is C[C@H](c1cccc(C(F)F)c1F)N(C)c1ccnc2cnc(C3(O)CCN(C=O)CC3)cc12. The number of likely N-dealkylation sites (tertiary alicyclic amines) is 1. The molecule has 1 atom stereocenters. The van der Waals surface area contributed by atoms with E-state index >= 15 is 0 Å². The molecule has 1 fully saturated rings. The quantitative estimate of drug-likeness (QED) is 0.557. The highest BCUT2D eigenvalue weighted by molar-refractivity contribution is 5.91. The number of carbonyl (C=O) groups excluding carboxylic acids is 1. The summed E-state index contributed by atoms with van der Waals surface area (Å²) < 4.78 is 41.2. The highest BCUT2D eigenvalue weighted by Crippen LogP contribution is 2.37. The van der Waals surface area contributed by atoms with E-state index in [1.807, 2.05) is 0 Å². The minimum absolute atomic E-state index is 0.161. The molecule has 1 aliphatic rings. The number of benzene rings is 1. The van der Waals surface area contributed by atoms with Gasteiger partial charge in [0.1, 0.15) is 11.4 Å². The lowest BCUT2D eigenvalue weighted by atomic mass is 9.87. The minimum Gasteiger partial charge on any atom is -0.383 e. The molecule has 1 N–H and O–H groups in total. The lowest BCUT2D eigenvalue weighted by Gasteiger charge is -2.36. The van der Waals surface area contributed by atoms with Crippen molar-refractivity contribution in [1.29, 1.82) is 0 Å². The Bertz CT molecular complexity index is 1170. The number of amides is 1. The average Bonchev–Trinajstić information content (AvgIpc) is 2.83. The molecule has 0 aliphatic carbocycles. The lowest BCUT2D eigenvalue weighted by molar-refractivity contribution is -0.122. The minimum atomic E-state index is -2.90. The molecule has 33 heavy (non-hydrogen) atoms. The summed E-state index contributed by atoms with van der Waals surface area (Å²) in [5.41, 5.74) is 0.125. The van der Waals surface area contributed by atoms with E-state index in [1.54, 1.807) is 48.3 Å². The Hall–Kier alpha value is -3.20. The third-order valence-electron chi connectivity index (χ3n) is 6.56. The number of carbonyl (C=O) groups is 1. The van der Waals surface area contributed by atoms with Gasteiger partial charge in [-0.05, 0) is 31.9 Å². The Morgan fingerprint density at radius 2 is 1.88 bits per heavy atom. The molecule has 3 heterocycles. The van der Waals surface area contributed by atoms with Crippen LogP contribution < -0.4 is 4.90 Å². The van der Waals surface area contributed by atoms with Gasteiger partial charge in [-0.3, -0.25) is 14.8 Å². The maximum Gasteiger partial charge on any atom is 0.266 e. The van der Waals surface area contributed by atoms with E-state index < -0.39 is 29.4 Å². The first-order valence-electron chi connectivity index (χ1n) is 10.7. The van der Waals surface area contributed by atoms with Gasteiger partial charge in [-0.2, -0.15) is 0 Å². The molecule has 2 aromatic heterocycles. The Labute approximate surface area is 189 Å². The summed E-state index contributed by atoms with van der Waals surface area (Å²) in [5.74, 6) is -0.913. The molecule has 0 spiro atoms. The molecule has 0 radical (unpaired) electrons. The van der Waals surface area contributed by atoms with Gasteiger partial charge in [0.2, 0.25) is 6.41 Å². The van der Waals surface area contributed by atoms with Crippen molar-refractivity contribution in [3.8, 4) is 0 Å². The maximum absolute atomic E-state index is 14.8. The third kappa shape index (κ3) is 4.25. The molecule has 1 aromatic carbocycles. The maximum atomic E-state index is 14.8. The van der Waals surface area contributed by atoms with Gasteiger partial charge in [0.05, 0.1) is 29.0 Å². The summed E-state index contributed by atoms with van der Waals surface area (Å²) >= 11 is 0. The molecule has 1 amide bonds. The van der Waals surface area contributed by atoms with Gasteiger partial charge in [-0.25, -0.2) is 13.2 Å². The van der Waals surface area contributed by atoms with E-state index in [0.717, 1.165) is 12.5 Å². The predicted octanol–water partition coefficient (Wildman–Crippen LogP) is 4.34. The van der Waals surface area contributed by atoms with Gasteiger partial charge < -0.3 is 14.9 Å². The van der Waals surface area contributed by atoms with Crippen molar-refractivity contribution in [2.45, 2.75) is 37.8 Å². The number of hydrogen-bond acceptors (Lipinski definition) is 5. The van der Waals surface area contributed by atoms with Gasteiger partial charge in [0.25, 0.3) is 6.43 Å². The lowest BCUT2D eigenvalue weighted by Crippen LogP contribution is -2.42. The van der Waals surface area contributed by atoms with E-state index in [4.69, 9.17) is 0 Å². The zero-order valence-corrected chi connectivity index (χ0v) is 18.4. The Balaban J connectivity index is 1.72. The molecular formula is C24H25F3N4O2. The summed E-state index contributed by atoms with van der Waals surface area (Å²) in [6, 6.07) is 7.00. The van der Waals surface area contributed by atoms with Crippen molar-refractivity contribution >= 4 is 23.0 Å². The second-order valence-electron chi connectivity index (χ2n) is 8.43. The first-order chi connectivity index (χ1) is 15.7. The van der Waals surface area contributed by atoms with Gasteiger partial charge >= 0.3 is 0 Å². The molecular weight excluding hydrogens is 433 g/mol. The summed E-state index contributed by atoms with van der Waals surface area (Å²) in [6.45, 7) is 2.59. The smallest absolute Gasteiger partial charge is 0.266 e. The second-order valence-corrected chi connectivity index (χ2v) is 8.43. The number of aliphatic hydroxyl groups is 1. The zero-order valence-electron chi connectivity index (χ0n) is 18.4. The average molecular weight is 458 g/mol. The van der Waals surface area contributed by atoms with Crippen molar-refractivity contribution < 1.29 is 23.1 Å². The molecule has 3 aromatic rings. The van der Waals surface area contributed by atoms with Crippen LogP contribution in [0.1, 0.15) is 49.1 Å². The number of hydrogen-bond donors (Lipinski definition) is 1. The number of aromatic nitrogens is 2. The standard InChI is InChI=1S/C24H25F3N4O2/c1-15(16-4-3-5-17(22(16)25)23(26)27)30(2)20-6-9-28-19-13-29-21(12-18(19)20)24(33)7-10-31(14-32)11-8-24/h3-6,9,12-15,23,33H,7-8,10-11H2,1-2H3/t15-/m1/s1. The predicted molar refractivity (Wildman–Crippen MR) is 118 cm³/mol. The number of anilines is 1. The zero-order chi connectivity index (χ0) is 23.8. The number of halogens is 3. The summed E-state index contributed by atoms with van der Waals surface area (Å²) in [5, 5.41) is 11.9. The van der Waals surface area contributed by atoms with Crippen LogP contribution in [-0.2, 0) is 10.4 Å². The van der Waals surface area contributed by atoms with Crippen LogP contribution in [0.2, 0.25) is 0 Å². The first kappa shape index (κ1) is 23.0. The van der Waals surface area contributed by atoms with Crippen molar-refractivity contribution in [2.75, 3.05) is 25.0 Å². The summed E-state index contributed by atoms with van der Waals surface area (Å²) in [4.78, 5) is 23.2. The number of piperidine rings is 1. The molecule has 9 heteroatoms. The molecule has 0 bridgehead atoms. The van der Waals surface area contributed by atoms with Crippen LogP contribution >= 0.6 is 0 Å². The monoisotopic (exact) mass is 458 g/mol. The molecule has 0 unspecified atom stereocenters. The Morgan fingerprint density at radius 1 is 1.18 bits per heavy atom. The van der Waals surface area contributed by atoms with E-state index in [2.05, 4.69) is 9.97 Å². The third-order valence-corrected chi connectivity index (χ3v) is 6.56. The van der Waals surface area contributed by atoms with E-state index in [-0.39, 0.29) is 5.56 Å². The fourth-order valence-electron chi connectivity index (χ4n) is 4.33. The van der Waals surface area contributed by atoms with Crippen LogP contribution in [0.25, 0.3) is 10.9 Å². The van der Waals surface area contributed by atoms with E-state index in [0.29, 0.717) is 48.2 Å². The Kier molecular flexibility index (Phi) is 6.25. The fourth-order valence-corrected chi connectivity index (χ4v) is 4.33. The van der Waals surface area contributed by atoms with Gasteiger partial charge in [-0.1, -0.05) is 18.2 Å². The molecule has 4 rings (SSSR count). The molecule has 6 nitrogen and oxygen atoms in total. The van der Waals surface area contributed by atoms with Crippen molar-refractivity contribution in [3.63, 3.8) is 0 Å². The van der Waals surface area contributed by atoms with E-state index in [9.17, 15) is 23.1 Å². The van der Waals surface area contributed by atoms with Gasteiger partial charge in [0.15, 0.2) is 0 Å². The molecule has 1 saturated heterocycles. The number of alkyl halides is 2. The van der Waals surface area contributed by atoms with Crippen molar-refractivity contribution in [3.05, 3.63) is 65.4 Å². The first-order valence-corrected chi connectivity index (χ1v) is 10.7. The van der Waals surface area contributed by atoms with Gasteiger partial charge in [-0.15, -0.1) is 0 Å². The summed E-state index contributed by atoms with van der Waals surface area (Å²) in [7, 11) is 1.76. The van der Waals surface area contributed by atoms with Crippen LogP contribution in [0.5, 0.6) is 0 Å². The Morgan fingerprint density at radius 3 is 2.55 bits per heavy atom. The molecule has 0 saturated carbocycles. The number of pyridine rings is 2. The molecule has 174 valence electrons. The van der Waals surface area contributed by atoms with Crippen LogP contribution in [0.3, 0.4) is 0 Å². The summed E-state index contributed by atoms with van der Waals surface area (Å²) in [6.07, 6.45) is 1.77. The fraction of sp³-hybridized carbons (Fsp3) is 0.375. The second kappa shape index (κ2) is 8.97. The highest BCUT2D eigenvalue weighted by Gasteiger charge is 2.35. The largest absolute Gasteiger partial charge is 0.383 e. The number of nitrogens with zero attached hydrogens (tertiary/aromatic N) is 4. The van der Waals surface area contributed by atoms with Crippen LogP contribution in [0.4, 0.5) is 18.9 Å². The number of rotatable bonds is 6. The van der Waals surface area contributed by atoms with Crippen molar-refractivity contribution in [1.82, 2.24) is 14.9 Å². The van der Waals surface area contributed by atoms with Crippen LogP contribution in [-0.4, -0.2) is 46.5 Å². The van der Waals surface area contributed by atoms with Crippen LogP contribution in [0.15, 0.2) is 42.7 Å². The topological polar surface area (TPSA) is 69.6 Å². The molecule has 1 aliphatic heterocycles.